The zero-order chi connectivity index (χ0) is 13.4. The van der Waals surface area contributed by atoms with E-state index in [4.69, 9.17) is 21.4 Å². The number of hydrogen-bond acceptors (Lipinski definition) is 3. The smallest absolute Gasteiger partial charge is 0.356 e. The quantitative estimate of drug-likeness (QED) is 0.902. The third-order valence-corrected chi connectivity index (χ3v) is 2.95. The lowest BCUT2D eigenvalue weighted by Gasteiger charge is -2.12. The number of fused-ring (bicyclic) bond motifs is 1. The summed E-state index contributed by atoms with van der Waals surface area (Å²) >= 11 is 5.86. The molecule has 0 spiro atoms. The molecule has 2 rings (SSSR count). The molecule has 1 aromatic carbocycles. The monoisotopic (exact) mass is 267 g/mol. The Hall–Kier alpha value is -2.01. The Morgan fingerprint density at radius 3 is 2.61 bits per heavy atom. The molecule has 0 fully saturated rings. The maximum Gasteiger partial charge on any atom is 0.356 e. The van der Waals surface area contributed by atoms with Gasteiger partial charge in [0, 0.05) is 17.5 Å². The van der Waals surface area contributed by atoms with Crippen LogP contribution in [0.25, 0.3) is 10.8 Å². The number of pyridine rings is 1. The number of rotatable bonds is 2. The molecule has 0 amide bonds. The van der Waals surface area contributed by atoms with Crippen molar-refractivity contribution in [3.05, 3.63) is 39.3 Å². The predicted molar refractivity (Wildman–Crippen MR) is 67.7 cm³/mol. The van der Waals surface area contributed by atoms with Crippen LogP contribution in [0.5, 0.6) is 5.75 Å². The fourth-order valence-electron chi connectivity index (χ4n) is 1.90. The van der Waals surface area contributed by atoms with Gasteiger partial charge in [0.25, 0.3) is 5.56 Å². The first-order valence-corrected chi connectivity index (χ1v) is 5.44. The molecule has 0 saturated carbocycles. The summed E-state index contributed by atoms with van der Waals surface area (Å²) in [6.45, 7) is 0. The summed E-state index contributed by atoms with van der Waals surface area (Å²) in [6, 6.07) is 4.64. The average molecular weight is 268 g/mol. The van der Waals surface area contributed by atoms with Crippen LogP contribution >= 0.6 is 11.6 Å². The summed E-state index contributed by atoms with van der Waals surface area (Å²) in [5.74, 6) is -1.10. The van der Waals surface area contributed by atoms with Crippen molar-refractivity contribution in [2.45, 2.75) is 0 Å². The number of carbonyl (C=O) groups is 1. The first kappa shape index (κ1) is 12.4. The van der Waals surface area contributed by atoms with E-state index in [1.807, 2.05) is 0 Å². The van der Waals surface area contributed by atoms with Gasteiger partial charge >= 0.3 is 5.97 Å². The second kappa shape index (κ2) is 4.34. The number of benzene rings is 1. The summed E-state index contributed by atoms with van der Waals surface area (Å²) in [5.41, 5.74) is -0.600. The van der Waals surface area contributed by atoms with E-state index in [9.17, 15) is 9.59 Å². The van der Waals surface area contributed by atoms with Crippen molar-refractivity contribution in [2.24, 2.45) is 7.05 Å². The minimum absolute atomic E-state index is 0.127. The van der Waals surface area contributed by atoms with Gasteiger partial charge in [-0.3, -0.25) is 4.79 Å². The van der Waals surface area contributed by atoms with Crippen molar-refractivity contribution in [1.29, 1.82) is 0 Å². The van der Waals surface area contributed by atoms with Crippen molar-refractivity contribution in [3.8, 4) is 5.75 Å². The van der Waals surface area contributed by atoms with Crippen LogP contribution in [0, 0.1) is 0 Å². The maximum atomic E-state index is 12.0. The molecule has 1 N–H and O–H groups in total. The van der Waals surface area contributed by atoms with Crippen molar-refractivity contribution < 1.29 is 14.6 Å². The highest BCUT2D eigenvalue weighted by Crippen LogP contribution is 2.29. The first-order valence-electron chi connectivity index (χ1n) is 5.07. The second-order valence-corrected chi connectivity index (χ2v) is 4.18. The van der Waals surface area contributed by atoms with Crippen LogP contribution in [0.15, 0.2) is 23.0 Å². The highest BCUT2D eigenvalue weighted by Gasteiger charge is 2.20. The summed E-state index contributed by atoms with van der Waals surface area (Å²) in [4.78, 5) is 23.2. The van der Waals surface area contributed by atoms with E-state index in [0.29, 0.717) is 15.8 Å². The summed E-state index contributed by atoms with van der Waals surface area (Å²) in [6.07, 6.45) is 0. The summed E-state index contributed by atoms with van der Waals surface area (Å²) < 4.78 is 6.16. The largest absolute Gasteiger partial charge is 0.494 e. The molecule has 1 heterocycles. The van der Waals surface area contributed by atoms with Crippen molar-refractivity contribution >= 4 is 28.3 Å². The Balaban J connectivity index is 3.07. The topological polar surface area (TPSA) is 68.5 Å². The minimum atomic E-state index is -1.23. The Bertz CT molecular complexity index is 705. The predicted octanol–water partition coefficient (Wildman–Crippen LogP) is 1.90. The first-order chi connectivity index (χ1) is 8.47. The van der Waals surface area contributed by atoms with Gasteiger partial charge < -0.3 is 14.4 Å². The molecule has 0 aliphatic carbocycles. The Kier molecular flexibility index (Phi) is 3.00. The third kappa shape index (κ3) is 1.73. The molecule has 5 nitrogen and oxygen atoms in total. The van der Waals surface area contributed by atoms with E-state index in [2.05, 4.69) is 0 Å². The van der Waals surface area contributed by atoms with Gasteiger partial charge in [-0.15, -0.1) is 0 Å². The fourth-order valence-corrected chi connectivity index (χ4v) is 2.07. The molecule has 0 bridgehead atoms. The number of aromatic nitrogens is 1. The maximum absolute atomic E-state index is 12.0. The number of halogens is 1. The molecule has 6 heteroatoms. The molecule has 18 heavy (non-hydrogen) atoms. The van der Waals surface area contributed by atoms with Crippen LogP contribution in [0.2, 0.25) is 5.02 Å². The van der Waals surface area contributed by atoms with Crippen LogP contribution in [0.4, 0.5) is 0 Å². The highest BCUT2D eigenvalue weighted by atomic mass is 35.5. The number of aromatic carboxylic acids is 1. The number of nitrogens with zero attached hydrogens (tertiary/aromatic N) is 1. The van der Waals surface area contributed by atoms with Crippen molar-refractivity contribution in [2.75, 3.05) is 7.11 Å². The van der Waals surface area contributed by atoms with Gasteiger partial charge in [0.1, 0.15) is 0 Å². The minimum Gasteiger partial charge on any atom is -0.494 e. The van der Waals surface area contributed by atoms with E-state index in [-0.39, 0.29) is 11.4 Å². The molecule has 0 unspecified atom stereocenters. The van der Waals surface area contributed by atoms with Crippen LogP contribution in [0.1, 0.15) is 10.5 Å². The Labute approximate surface area is 107 Å². The fraction of sp³-hybridized carbons (Fsp3) is 0.167. The van der Waals surface area contributed by atoms with Gasteiger partial charge in [-0.05, 0) is 18.2 Å². The Morgan fingerprint density at radius 1 is 1.39 bits per heavy atom. The molecule has 0 atom stereocenters. The SMILES string of the molecule is COc1c(C(=O)O)n(C)c(=O)c2ccc(Cl)cc12. The summed E-state index contributed by atoms with van der Waals surface area (Å²) in [7, 11) is 2.74. The molecule has 0 radical (unpaired) electrons. The summed E-state index contributed by atoms with van der Waals surface area (Å²) in [5, 5.41) is 10.3. The van der Waals surface area contributed by atoms with Crippen LogP contribution in [0.3, 0.4) is 0 Å². The van der Waals surface area contributed by atoms with E-state index >= 15 is 0 Å². The van der Waals surface area contributed by atoms with Crippen LogP contribution < -0.4 is 10.3 Å². The van der Waals surface area contributed by atoms with E-state index < -0.39 is 11.5 Å². The van der Waals surface area contributed by atoms with E-state index in [1.54, 1.807) is 12.1 Å². The van der Waals surface area contributed by atoms with Gasteiger partial charge in [0.2, 0.25) is 0 Å². The van der Waals surface area contributed by atoms with Gasteiger partial charge in [-0.1, -0.05) is 11.6 Å². The number of hydrogen-bond donors (Lipinski definition) is 1. The van der Waals surface area contributed by atoms with Gasteiger partial charge in [0.05, 0.1) is 12.5 Å². The van der Waals surface area contributed by atoms with Crippen LogP contribution in [-0.2, 0) is 7.05 Å². The van der Waals surface area contributed by atoms with Crippen molar-refractivity contribution in [3.63, 3.8) is 0 Å². The molecule has 0 aliphatic rings. The Morgan fingerprint density at radius 2 is 2.06 bits per heavy atom. The normalized spacial score (nSPS) is 10.6. The molecule has 2 aromatic rings. The highest BCUT2D eigenvalue weighted by molar-refractivity contribution is 6.31. The lowest BCUT2D eigenvalue weighted by Crippen LogP contribution is -2.24. The van der Waals surface area contributed by atoms with Gasteiger partial charge in [-0.2, -0.15) is 0 Å². The number of carboxylic acids is 1. The lowest BCUT2D eigenvalue weighted by atomic mass is 10.1. The molecule has 0 saturated heterocycles. The second-order valence-electron chi connectivity index (χ2n) is 3.74. The molecule has 94 valence electrons. The van der Waals surface area contributed by atoms with Crippen LogP contribution in [-0.4, -0.2) is 22.8 Å². The number of carboxylic acid groups (broad SMARTS) is 1. The lowest BCUT2D eigenvalue weighted by molar-refractivity contribution is 0.0681. The molecular weight excluding hydrogens is 258 g/mol. The number of ether oxygens (including phenoxy) is 1. The zero-order valence-electron chi connectivity index (χ0n) is 9.73. The molecule has 0 aliphatic heterocycles. The number of methoxy groups -OCH3 is 1. The average Bonchev–Trinajstić information content (AvgIpc) is 2.32. The third-order valence-electron chi connectivity index (χ3n) is 2.72. The molecule has 1 aromatic heterocycles. The standard InChI is InChI=1S/C12H10ClNO4/c1-14-9(12(16)17)10(18-2)8-5-6(13)3-4-7(8)11(14)15/h3-5H,1-2H3,(H,16,17). The van der Waals surface area contributed by atoms with E-state index in [1.165, 1.54) is 20.2 Å². The van der Waals surface area contributed by atoms with E-state index in [0.717, 1.165) is 4.57 Å². The van der Waals surface area contributed by atoms with Gasteiger partial charge in [-0.25, -0.2) is 4.79 Å². The zero-order valence-corrected chi connectivity index (χ0v) is 10.5. The molecular formula is C12H10ClNO4. The van der Waals surface area contributed by atoms with Gasteiger partial charge in [0.15, 0.2) is 11.4 Å². The van der Waals surface area contributed by atoms with Crippen molar-refractivity contribution in [1.82, 2.24) is 4.57 Å².